The van der Waals surface area contributed by atoms with Crippen LogP contribution >= 0.6 is 0 Å². The summed E-state index contributed by atoms with van der Waals surface area (Å²) in [6.07, 6.45) is 4.57. The number of hydrogen-bond acceptors (Lipinski definition) is 3. The molecule has 3 nitrogen and oxygen atoms in total. The van der Waals surface area contributed by atoms with Crippen molar-refractivity contribution < 1.29 is 4.42 Å². The molecule has 2 heterocycles. The lowest BCUT2D eigenvalue weighted by Crippen LogP contribution is -2.17. The molecule has 0 fully saturated rings. The highest BCUT2D eigenvalue weighted by atomic mass is 16.3. The molecule has 1 N–H and O–H groups in total. The van der Waals surface area contributed by atoms with E-state index < -0.39 is 0 Å². The van der Waals surface area contributed by atoms with Gasteiger partial charge in [-0.15, -0.1) is 0 Å². The monoisotopic (exact) mass is 230 g/mol. The Hall–Kier alpha value is -1.61. The lowest BCUT2D eigenvalue weighted by Gasteiger charge is -2.12. The van der Waals surface area contributed by atoms with E-state index in [0.29, 0.717) is 6.04 Å². The number of aryl methyl sites for hydroxylation is 1. The maximum Gasteiger partial charge on any atom is 0.117 e. The molecule has 0 aromatic carbocycles. The van der Waals surface area contributed by atoms with Gasteiger partial charge in [0.05, 0.1) is 6.54 Å². The predicted octanol–water partition coefficient (Wildman–Crippen LogP) is 3.09. The number of nitrogens with zero attached hydrogens (tertiary/aromatic N) is 1. The van der Waals surface area contributed by atoms with Crippen LogP contribution in [-0.2, 0) is 13.0 Å². The van der Waals surface area contributed by atoms with Gasteiger partial charge in [-0.3, -0.25) is 4.98 Å². The third-order valence-corrected chi connectivity index (χ3v) is 2.85. The molecule has 2 aromatic rings. The Bertz CT molecular complexity index is 450. The number of pyridine rings is 1. The third kappa shape index (κ3) is 3.17. The molecule has 0 bridgehead atoms. The normalized spacial score (nSPS) is 12.6. The Balaban J connectivity index is 1.90. The van der Waals surface area contributed by atoms with E-state index in [1.165, 1.54) is 5.56 Å². The van der Waals surface area contributed by atoms with Crippen molar-refractivity contribution in [2.75, 3.05) is 0 Å². The van der Waals surface area contributed by atoms with Crippen LogP contribution in [0, 0.1) is 0 Å². The summed E-state index contributed by atoms with van der Waals surface area (Å²) in [7, 11) is 0. The first-order chi connectivity index (χ1) is 8.29. The van der Waals surface area contributed by atoms with Crippen LogP contribution in [0.2, 0.25) is 0 Å². The van der Waals surface area contributed by atoms with Crippen molar-refractivity contribution in [2.45, 2.75) is 32.9 Å². The highest BCUT2D eigenvalue weighted by molar-refractivity contribution is 5.14. The maximum absolute atomic E-state index is 5.64. The van der Waals surface area contributed by atoms with Crippen molar-refractivity contribution in [3.63, 3.8) is 0 Å². The molecule has 0 saturated heterocycles. The molecular formula is C14H18N2O. The number of hydrogen-bond donors (Lipinski definition) is 1. The number of furan rings is 1. The summed E-state index contributed by atoms with van der Waals surface area (Å²) < 4.78 is 5.64. The number of rotatable bonds is 5. The summed E-state index contributed by atoms with van der Waals surface area (Å²) in [4.78, 5) is 4.01. The van der Waals surface area contributed by atoms with Crippen molar-refractivity contribution in [3.05, 3.63) is 53.7 Å². The first kappa shape index (κ1) is 11.9. The van der Waals surface area contributed by atoms with Gasteiger partial charge in [0.25, 0.3) is 0 Å². The molecule has 0 spiro atoms. The minimum Gasteiger partial charge on any atom is -0.465 e. The van der Waals surface area contributed by atoms with Gasteiger partial charge in [0.15, 0.2) is 0 Å². The van der Waals surface area contributed by atoms with E-state index in [2.05, 4.69) is 24.1 Å². The molecule has 0 saturated carbocycles. The van der Waals surface area contributed by atoms with Crippen LogP contribution < -0.4 is 5.32 Å². The standard InChI is InChI=1S/C14H18N2O/c1-3-13-4-5-14(17-13)10-16-11(2)12-6-8-15-9-7-12/h4-9,11,16H,3,10H2,1-2H3/t11-/m1/s1. The summed E-state index contributed by atoms with van der Waals surface area (Å²) in [5, 5.41) is 3.43. The smallest absolute Gasteiger partial charge is 0.117 e. The number of aromatic nitrogens is 1. The molecule has 0 aliphatic heterocycles. The molecule has 90 valence electrons. The van der Waals surface area contributed by atoms with Crippen molar-refractivity contribution in [2.24, 2.45) is 0 Å². The predicted molar refractivity (Wildman–Crippen MR) is 67.6 cm³/mol. The van der Waals surface area contributed by atoms with Gasteiger partial charge in [0.2, 0.25) is 0 Å². The van der Waals surface area contributed by atoms with Gasteiger partial charge in [-0.25, -0.2) is 0 Å². The van der Waals surface area contributed by atoms with E-state index in [-0.39, 0.29) is 0 Å². The molecule has 1 atom stereocenters. The van der Waals surface area contributed by atoms with Crippen LogP contribution in [-0.4, -0.2) is 4.98 Å². The second-order valence-corrected chi connectivity index (χ2v) is 4.10. The van der Waals surface area contributed by atoms with E-state index in [9.17, 15) is 0 Å². The molecular weight excluding hydrogens is 212 g/mol. The van der Waals surface area contributed by atoms with Gasteiger partial charge >= 0.3 is 0 Å². The zero-order valence-corrected chi connectivity index (χ0v) is 10.3. The van der Waals surface area contributed by atoms with Gasteiger partial charge < -0.3 is 9.73 Å². The Labute approximate surface area is 102 Å². The van der Waals surface area contributed by atoms with Crippen molar-refractivity contribution in [1.82, 2.24) is 10.3 Å². The molecule has 0 radical (unpaired) electrons. The second-order valence-electron chi connectivity index (χ2n) is 4.10. The van der Waals surface area contributed by atoms with E-state index in [0.717, 1.165) is 24.5 Å². The van der Waals surface area contributed by atoms with E-state index in [1.807, 2.05) is 36.7 Å². The summed E-state index contributed by atoms with van der Waals surface area (Å²) in [5.74, 6) is 2.03. The molecule has 0 unspecified atom stereocenters. The summed E-state index contributed by atoms with van der Waals surface area (Å²) in [6.45, 7) is 4.98. The van der Waals surface area contributed by atoms with Crippen LogP contribution in [0.1, 0.15) is 37.0 Å². The molecule has 2 rings (SSSR count). The maximum atomic E-state index is 5.64. The summed E-state index contributed by atoms with van der Waals surface area (Å²) in [5.41, 5.74) is 1.24. The zero-order chi connectivity index (χ0) is 12.1. The molecule has 17 heavy (non-hydrogen) atoms. The van der Waals surface area contributed by atoms with Gasteiger partial charge in [-0.05, 0) is 36.8 Å². The highest BCUT2D eigenvalue weighted by Gasteiger charge is 2.06. The molecule has 0 aliphatic carbocycles. The highest BCUT2D eigenvalue weighted by Crippen LogP contribution is 2.13. The zero-order valence-electron chi connectivity index (χ0n) is 10.3. The minimum absolute atomic E-state index is 0.299. The fraction of sp³-hybridized carbons (Fsp3) is 0.357. The van der Waals surface area contributed by atoms with Crippen LogP contribution in [0.4, 0.5) is 0 Å². The van der Waals surface area contributed by atoms with Crippen molar-refractivity contribution in [1.29, 1.82) is 0 Å². The van der Waals surface area contributed by atoms with Crippen LogP contribution in [0.3, 0.4) is 0 Å². The fourth-order valence-corrected chi connectivity index (χ4v) is 1.73. The molecule has 2 aromatic heterocycles. The van der Waals surface area contributed by atoms with E-state index in [4.69, 9.17) is 4.42 Å². The minimum atomic E-state index is 0.299. The Morgan fingerprint density at radius 2 is 1.88 bits per heavy atom. The molecule has 0 aliphatic rings. The van der Waals surface area contributed by atoms with Gasteiger partial charge in [-0.1, -0.05) is 6.92 Å². The first-order valence-corrected chi connectivity index (χ1v) is 6.00. The van der Waals surface area contributed by atoms with Gasteiger partial charge in [0, 0.05) is 24.9 Å². The van der Waals surface area contributed by atoms with Crippen LogP contribution in [0.15, 0.2) is 41.1 Å². The van der Waals surface area contributed by atoms with Crippen LogP contribution in [0.5, 0.6) is 0 Å². The Morgan fingerprint density at radius 1 is 1.18 bits per heavy atom. The summed E-state index contributed by atoms with van der Waals surface area (Å²) >= 11 is 0. The molecule has 3 heteroatoms. The Morgan fingerprint density at radius 3 is 2.53 bits per heavy atom. The van der Waals surface area contributed by atoms with Gasteiger partial charge in [0.1, 0.15) is 11.5 Å². The lowest BCUT2D eigenvalue weighted by molar-refractivity contribution is 0.435. The quantitative estimate of drug-likeness (QED) is 0.857. The second kappa shape index (κ2) is 5.64. The van der Waals surface area contributed by atoms with Gasteiger partial charge in [-0.2, -0.15) is 0 Å². The third-order valence-electron chi connectivity index (χ3n) is 2.85. The van der Waals surface area contributed by atoms with E-state index in [1.54, 1.807) is 0 Å². The summed E-state index contributed by atoms with van der Waals surface area (Å²) in [6, 6.07) is 8.42. The molecule has 0 amide bonds. The topological polar surface area (TPSA) is 38.1 Å². The average molecular weight is 230 g/mol. The number of nitrogens with one attached hydrogen (secondary N) is 1. The first-order valence-electron chi connectivity index (χ1n) is 6.00. The van der Waals surface area contributed by atoms with E-state index >= 15 is 0 Å². The lowest BCUT2D eigenvalue weighted by atomic mass is 10.1. The average Bonchev–Trinajstić information content (AvgIpc) is 2.85. The Kier molecular flexibility index (Phi) is 3.94. The van der Waals surface area contributed by atoms with Crippen molar-refractivity contribution in [3.8, 4) is 0 Å². The van der Waals surface area contributed by atoms with Crippen molar-refractivity contribution >= 4 is 0 Å². The largest absolute Gasteiger partial charge is 0.465 e. The SMILES string of the molecule is CCc1ccc(CN[C@H](C)c2ccncc2)o1. The van der Waals surface area contributed by atoms with Crippen LogP contribution in [0.25, 0.3) is 0 Å². The fourth-order valence-electron chi connectivity index (χ4n) is 1.73.